The summed E-state index contributed by atoms with van der Waals surface area (Å²) in [6, 6.07) is 3.11. The van der Waals surface area contributed by atoms with Crippen LogP contribution in [0.2, 0.25) is 0 Å². The second-order valence-corrected chi connectivity index (χ2v) is 6.46. The number of nitrogens with zero attached hydrogens (tertiary/aromatic N) is 4. The molecule has 1 fully saturated rings. The lowest BCUT2D eigenvalue weighted by Crippen LogP contribution is -2.49. The summed E-state index contributed by atoms with van der Waals surface area (Å²) in [7, 11) is 0. The van der Waals surface area contributed by atoms with Crippen molar-refractivity contribution in [2.24, 2.45) is 0 Å². The maximum atomic E-state index is 12.0. The Hall–Kier alpha value is -2.22. The van der Waals surface area contributed by atoms with Crippen LogP contribution in [0, 0.1) is 0 Å². The zero-order chi connectivity index (χ0) is 17.0. The van der Waals surface area contributed by atoms with E-state index in [4.69, 9.17) is 9.84 Å². The molecule has 1 aromatic heterocycles. The molecule has 1 amide bonds. The zero-order valence-corrected chi connectivity index (χ0v) is 13.7. The van der Waals surface area contributed by atoms with Crippen molar-refractivity contribution in [3.05, 3.63) is 23.5 Å². The smallest absolute Gasteiger partial charge is 0.410 e. The number of rotatable bonds is 3. The first-order valence-corrected chi connectivity index (χ1v) is 7.51. The fourth-order valence-corrected chi connectivity index (χ4v) is 2.20. The van der Waals surface area contributed by atoms with Crippen LogP contribution in [-0.2, 0) is 11.3 Å². The Balaban J connectivity index is 1.82. The molecule has 23 heavy (non-hydrogen) atoms. The van der Waals surface area contributed by atoms with Gasteiger partial charge in [0.1, 0.15) is 5.60 Å². The van der Waals surface area contributed by atoms with Crippen molar-refractivity contribution < 1.29 is 19.4 Å². The van der Waals surface area contributed by atoms with Gasteiger partial charge in [-0.15, -0.1) is 5.10 Å². The van der Waals surface area contributed by atoms with E-state index in [0.29, 0.717) is 38.4 Å². The molecule has 0 radical (unpaired) electrons. The summed E-state index contributed by atoms with van der Waals surface area (Å²) >= 11 is 0. The number of ether oxygens (including phenoxy) is 1. The molecule has 0 unspecified atom stereocenters. The standard InChI is InChI=1S/C15H22N4O4/c1-15(2,3)23-14(22)19-8-6-18(7-9-19)10-11-4-5-12(13(20)21)17-16-11/h4-5H,6-10H2,1-3H3,(H,20,21). The maximum absolute atomic E-state index is 12.0. The highest BCUT2D eigenvalue weighted by atomic mass is 16.6. The molecule has 0 aromatic carbocycles. The lowest BCUT2D eigenvalue weighted by atomic mass is 10.2. The summed E-state index contributed by atoms with van der Waals surface area (Å²) in [4.78, 5) is 26.6. The molecule has 1 aliphatic heterocycles. The number of aromatic carboxylic acids is 1. The first-order valence-electron chi connectivity index (χ1n) is 7.51. The predicted molar refractivity (Wildman–Crippen MR) is 82.1 cm³/mol. The van der Waals surface area contributed by atoms with Crippen molar-refractivity contribution in [2.75, 3.05) is 26.2 Å². The second kappa shape index (κ2) is 6.91. The Kier molecular flexibility index (Phi) is 5.15. The van der Waals surface area contributed by atoms with E-state index in [1.807, 2.05) is 20.8 Å². The minimum atomic E-state index is -1.09. The summed E-state index contributed by atoms with van der Waals surface area (Å²) in [5.74, 6) is -1.09. The molecule has 0 aliphatic carbocycles. The van der Waals surface area contributed by atoms with Crippen LogP contribution in [-0.4, -0.2) is 68.9 Å². The highest BCUT2D eigenvalue weighted by Crippen LogP contribution is 2.12. The van der Waals surface area contributed by atoms with Gasteiger partial charge in [-0.25, -0.2) is 9.59 Å². The third kappa shape index (κ3) is 5.17. The van der Waals surface area contributed by atoms with Gasteiger partial charge in [0, 0.05) is 32.7 Å². The van der Waals surface area contributed by atoms with Crippen LogP contribution in [0.3, 0.4) is 0 Å². The number of carbonyl (C=O) groups is 2. The number of carboxylic acid groups (broad SMARTS) is 1. The van der Waals surface area contributed by atoms with Gasteiger partial charge in [-0.3, -0.25) is 4.90 Å². The van der Waals surface area contributed by atoms with Crippen LogP contribution in [0.4, 0.5) is 4.79 Å². The molecule has 1 aromatic rings. The third-order valence-corrected chi connectivity index (χ3v) is 3.35. The molecule has 0 atom stereocenters. The summed E-state index contributed by atoms with van der Waals surface area (Å²) in [6.07, 6.45) is -0.289. The number of carbonyl (C=O) groups excluding carboxylic acids is 1. The monoisotopic (exact) mass is 322 g/mol. The summed E-state index contributed by atoms with van der Waals surface area (Å²) < 4.78 is 5.36. The Morgan fingerprint density at radius 2 is 1.83 bits per heavy atom. The van der Waals surface area contributed by atoms with Gasteiger partial charge in [0.25, 0.3) is 0 Å². The van der Waals surface area contributed by atoms with Gasteiger partial charge in [0.05, 0.1) is 5.69 Å². The first-order chi connectivity index (χ1) is 10.7. The van der Waals surface area contributed by atoms with Crippen molar-refractivity contribution in [3.63, 3.8) is 0 Å². The molecule has 2 heterocycles. The van der Waals surface area contributed by atoms with E-state index in [9.17, 15) is 9.59 Å². The molecule has 0 spiro atoms. The SMILES string of the molecule is CC(C)(C)OC(=O)N1CCN(Cc2ccc(C(=O)O)nn2)CC1. The fourth-order valence-electron chi connectivity index (χ4n) is 2.20. The largest absolute Gasteiger partial charge is 0.476 e. The minimum Gasteiger partial charge on any atom is -0.476 e. The van der Waals surface area contributed by atoms with E-state index in [1.165, 1.54) is 6.07 Å². The van der Waals surface area contributed by atoms with Crippen molar-refractivity contribution >= 4 is 12.1 Å². The fraction of sp³-hybridized carbons (Fsp3) is 0.600. The number of carboxylic acids is 1. The van der Waals surface area contributed by atoms with Crippen molar-refractivity contribution in [3.8, 4) is 0 Å². The summed E-state index contributed by atoms with van der Waals surface area (Å²) in [6.45, 7) is 8.73. The average molecular weight is 322 g/mol. The predicted octanol–water partition coefficient (Wildman–Crippen LogP) is 1.23. The highest BCUT2D eigenvalue weighted by molar-refractivity contribution is 5.84. The van der Waals surface area contributed by atoms with Gasteiger partial charge in [0.2, 0.25) is 0 Å². The second-order valence-electron chi connectivity index (χ2n) is 6.46. The number of hydrogen-bond donors (Lipinski definition) is 1. The van der Waals surface area contributed by atoms with Crippen LogP contribution in [0.5, 0.6) is 0 Å². The van der Waals surface area contributed by atoms with E-state index in [2.05, 4.69) is 15.1 Å². The first kappa shape index (κ1) is 17.1. The Morgan fingerprint density at radius 3 is 2.30 bits per heavy atom. The molecule has 1 saturated heterocycles. The molecule has 126 valence electrons. The van der Waals surface area contributed by atoms with Gasteiger partial charge in [0.15, 0.2) is 5.69 Å². The Bertz CT molecular complexity index is 560. The topological polar surface area (TPSA) is 95.9 Å². The summed E-state index contributed by atoms with van der Waals surface area (Å²) in [5.41, 5.74) is 0.152. The van der Waals surface area contributed by atoms with Crippen molar-refractivity contribution in [1.29, 1.82) is 0 Å². The van der Waals surface area contributed by atoms with Crippen molar-refractivity contribution in [2.45, 2.75) is 32.9 Å². The van der Waals surface area contributed by atoms with Crippen LogP contribution >= 0.6 is 0 Å². The Labute approximate surface area is 135 Å². The molecule has 0 saturated carbocycles. The maximum Gasteiger partial charge on any atom is 0.410 e. The normalized spacial score (nSPS) is 16.2. The van der Waals surface area contributed by atoms with Crippen LogP contribution < -0.4 is 0 Å². The molecule has 2 rings (SSSR count). The van der Waals surface area contributed by atoms with Gasteiger partial charge < -0.3 is 14.7 Å². The molecule has 8 nitrogen and oxygen atoms in total. The minimum absolute atomic E-state index is 0.0662. The van der Waals surface area contributed by atoms with Crippen LogP contribution in [0.25, 0.3) is 0 Å². The van der Waals surface area contributed by atoms with E-state index in [1.54, 1.807) is 11.0 Å². The number of amides is 1. The number of piperazine rings is 1. The van der Waals surface area contributed by atoms with Gasteiger partial charge in [-0.05, 0) is 32.9 Å². The molecule has 0 bridgehead atoms. The lowest BCUT2D eigenvalue weighted by molar-refractivity contribution is 0.0138. The summed E-state index contributed by atoms with van der Waals surface area (Å²) in [5, 5.41) is 16.4. The number of hydrogen-bond acceptors (Lipinski definition) is 6. The zero-order valence-electron chi connectivity index (χ0n) is 13.7. The lowest BCUT2D eigenvalue weighted by Gasteiger charge is -2.35. The van der Waals surface area contributed by atoms with Crippen molar-refractivity contribution in [1.82, 2.24) is 20.0 Å². The van der Waals surface area contributed by atoms with Gasteiger partial charge in [-0.1, -0.05) is 0 Å². The van der Waals surface area contributed by atoms with E-state index < -0.39 is 11.6 Å². The molecular formula is C15H22N4O4. The number of aromatic nitrogens is 2. The average Bonchev–Trinajstić information content (AvgIpc) is 2.46. The molecular weight excluding hydrogens is 300 g/mol. The van der Waals surface area contributed by atoms with Crippen LogP contribution in [0.1, 0.15) is 37.0 Å². The van der Waals surface area contributed by atoms with E-state index >= 15 is 0 Å². The van der Waals surface area contributed by atoms with Gasteiger partial charge >= 0.3 is 12.1 Å². The quantitative estimate of drug-likeness (QED) is 0.894. The highest BCUT2D eigenvalue weighted by Gasteiger charge is 2.25. The molecule has 8 heteroatoms. The van der Waals surface area contributed by atoms with E-state index in [-0.39, 0.29) is 11.8 Å². The Morgan fingerprint density at radius 1 is 1.17 bits per heavy atom. The molecule has 1 N–H and O–H groups in total. The molecule has 1 aliphatic rings. The van der Waals surface area contributed by atoms with Crippen LogP contribution in [0.15, 0.2) is 12.1 Å². The van der Waals surface area contributed by atoms with Gasteiger partial charge in [-0.2, -0.15) is 5.10 Å². The third-order valence-electron chi connectivity index (χ3n) is 3.35. The van der Waals surface area contributed by atoms with E-state index in [0.717, 1.165) is 0 Å².